The maximum Gasteiger partial charge on any atom is 0.416 e. The molecule has 1 aromatic rings. The van der Waals surface area contributed by atoms with E-state index in [1.54, 1.807) is 6.08 Å². The van der Waals surface area contributed by atoms with E-state index < -0.39 is 17.7 Å². The summed E-state index contributed by atoms with van der Waals surface area (Å²) in [6, 6.07) is 4.83. The van der Waals surface area contributed by atoms with Gasteiger partial charge in [-0.1, -0.05) is 42.5 Å². The van der Waals surface area contributed by atoms with Gasteiger partial charge >= 0.3 is 12.1 Å². The van der Waals surface area contributed by atoms with E-state index in [2.05, 4.69) is 12.2 Å². The third-order valence-electron chi connectivity index (χ3n) is 4.47. The Morgan fingerprint density at radius 3 is 2.47 bits per heavy atom. The molecule has 0 amide bonds. The average Bonchev–Trinajstić information content (AvgIpc) is 3.44. The smallest absolute Gasteiger partial charge is 0.416 e. The Labute approximate surface area is 174 Å². The SMILES string of the molecule is O=C(O)CCCC=CCC=CC[C@H]1O[C@H]1CC=CCOc1cccc(C(F)(F)F)c1. The molecule has 2 rings (SSSR count). The molecule has 1 fully saturated rings. The summed E-state index contributed by atoms with van der Waals surface area (Å²) in [4.78, 5) is 10.4. The Hall–Kier alpha value is -2.54. The second-order valence-electron chi connectivity index (χ2n) is 6.96. The lowest BCUT2D eigenvalue weighted by molar-refractivity contribution is -0.138. The van der Waals surface area contributed by atoms with Crippen LogP contribution in [0.5, 0.6) is 5.75 Å². The van der Waals surface area contributed by atoms with Crippen molar-refractivity contribution in [2.75, 3.05) is 6.61 Å². The highest BCUT2D eigenvalue weighted by Crippen LogP contribution is 2.31. The summed E-state index contributed by atoms with van der Waals surface area (Å²) in [6.07, 6.45) is 11.9. The van der Waals surface area contributed by atoms with Gasteiger partial charge in [-0.25, -0.2) is 0 Å². The third-order valence-corrected chi connectivity index (χ3v) is 4.47. The number of ether oxygens (including phenoxy) is 2. The Balaban J connectivity index is 1.53. The molecule has 164 valence electrons. The molecule has 1 aliphatic heterocycles. The molecular weight excluding hydrogens is 397 g/mol. The van der Waals surface area contributed by atoms with Gasteiger partial charge in [-0.2, -0.15) is 13.2 Å². The Bertz CT molecular complexity index is 753. The van der Waals surface area contributed by atoms with Crippen molar-refractivity contribution < 1.29 is 32.5 Å². The van der Waals surface area contributed by atoms with Crippen LogP contribution in [-0.2, 0) is 15.7 Å². The average molecular weight is 424 g/mol. The van der Waals surface area contributed by atoms with E-state index in [0.717, 1.165) is 37.8 Å². The molecule has 1 saturated heterocycles. The predicted octanol–water partition coefficient (Wildman–Crippen LogP) is 5.95. The molecule has 0 unspecified atom stereocenters. The number of carboxylic acid groups (broad SMARTS) is 1. The molecule has 0 aliphatic carbocycles. The molecule has 4 nitrogen and oxygen atoms in total. The fraction of sp³-hybridized carbons (Fsp3) is 0.435. The molecule has 0 radical (unpaired) electrons. The molecule has 7 heteroatoms. The summed E-state index contributed by atoms with van der Waals surface area (Å²) in [5, 5.41) is 8.54. The predicted molar refractivity (Wildman–Crippen MR) is 108 cm³/mol. The Kier molecular flexibility index (Phi) is 9.67. The molecule has 0 bridgehead atoms. The van der Waals surface area contributed by atoms with Gasteiger partial charge in [0, 0.05) is 6.42 Å². The number of aliphatic carboxylic acids is 1. The van der Waals surface area contributed by atoms with E-state index in [1.165, 1.54) is 12.1 Å². The minimum atomic E-state index is -4.37. The van der Waals surface area contributed by atoms with Gasteiger partial charge in [-0.3, -0.25) is 4.79 Å². The van der Waals surface area contributed by atoms with Crippen molar-refractivity contribution >= 4 is 5.97 Å². The quantitative estimate of drug-likeness (QED) is 0.242. The van der Waals surface area contributed by atoms with Crippen molar-refractivity contribution in [2.24, 2.45) is 0 Å². The molecule has 0 saturated carbocycles. The van der Waals surface area contributed by atoms with Crippen LogP contribution < -0.4 is 4.74 Å². The minimum Gasteiger partial charge on any atom is -0.490 e. The fourth-order valence-corrected chi connectivity index (χ4v) is 2.79. The van der Waals surface area contributed by atoms with Crippen LogP contribution in [0.2, 0.25) is 0 Å². The second kappa shape index (κ2) is 12.2. The first kappa shape index (κ1) is 23.7. The summed E-state index contributed by atoms with van der Waals surface area (Å²) < 4.78 is 48.9. The monoisotopic (exact) mass is 424 g/mol. The van der Waals surface area contributed by atoms with Crippen LogP contribution in [0.1, 0.15) is 44.1 Å². The van der Waals surface area contributed by atoms with Crippen LogP contribution in [0, 0.1) is 0 Å². The largest absolute Gasteiger partial charge is 0.490 e. The zero-order chi connectivity index (χ0) is 21.8. The molecule has 1 N–H and O–H groups in total. The van der Waals surface area contributed by atoms with Gasteiger partial charge in [0.15, 0.2) is 0 Å². The lowest BCUT2D eigenvalue weighted by atomic mass is 10.1. The van der Waals surface area contributed by atoms with E-state index >= 15 is 0 Å². The zero-order valence-corrected chi connectivity index (χ0v) is 16.7. The Morgan fingerprint density at radius 1 is 1.07 bits per heavy atom. The van der Waals surface area contributed by atoms with Crippen molar-refractivity contribution in [2.45, 2.75) is 56.9 Å². The molecular formula is C23H27F3O4. The topological polar surface area (TPSA) is 59.1 Å². The van der Waals surface area contributed by atoms with Crippen molar-refractivity contribution in [3.63, 3.8) is 0 Å². The number of unbranched alkanes of at least 4 members (excludes halogenated alkanes) is 1. The first-order valence-electron chi connectivity index (χ1n) is 9.98. The van der Waals surface area contributed by atoms with Crippen LogP contribution in [0.25, 0.3) is 0 Å². The number of rotatable bonds is 13. The van der Waals surface area contributed by atoms with Crippen LogP contribution in [0.3, 0.4) is 0 Å². The van der Waals surface area contributed by atoms with Crippen LogP contribution in [0.4, 0.5) is 13.2 Å². The minimum absolute atomic E-state index is 0.172. The summed E-state index contributed by atoms with van der Waals surface area (Å²) in [5.74, 6) is -0.573. The molecule has 30 heavy (non-hydrogen) atoms. The van der Waals surface area contributed by atoms with Crippen molar-refractivity contribution in [3.8, 4) is 5.75 Å². The number of halogens is 3. The summed E-state index contributed by atoms with van der Waals surface area (Å²) in [7, 11) is 0. The van der Waals surface area contributed by atoms with Gasteiger partial charge in [0.05, 0.1) is 17.8 Å². The van der Waals surface area contributed by atoms with Gasteiger partial charge in [-0.15, -0.1) is 0 Å². The zero-order valence-electron chi connectivity index (χ0n) is 16.7. The number of hydrogen-bond donors (Lipinski definition) is 1. The van der Waals surface area contributed by atoms with Gasteiger partial charge in [-0.05, 0) is 50.3 Å². The summed E-state index contributed by atoms with van der Waals surface area (Å²) in [6.45, 7) is 0.206. The lowest BCUT2D eigenvalue weighted by Crippen LogP contribution is -2.05. The van der Waals surface area contributed by atoms with Crippen LogP contribution >= 0.6 is 0 Å². The van der Waals surface area contributed by atoms with E-state index in [4.69, 9.17) is 14.6 Å². The highest BCUT2D eigenvalue weighted by molar-refractivity contribution is 5.66. The number of benzene rings is 1. The standard InChI is InChI=1S/C23H27F3O4/c24-23(25,26)18-11-10-12-19(17-18)29-16-9-8-14-21-20(30-21)13-6-4-2-1-3-5-7-15-22(27)28/h1,3-4,6,8-12,17,20-21H,2,5,7,13-16H2,(H,27,28)/t20-,21+/m1/s1. The number of epoxide rings is 1. The normalized spacial score (nSPS) is 19.2. The lowest BCUT2D eigenvalue weighted by Gasteiger charge is -2.08. The van der Waals surface area contributed by atoms with Crippen molar-refractivity contribution in [1.29, 1.82) is 0 Å². The van der Waals surface area contributed by atoms with E-state index in [1.807, 2.05) is 18.2 Å². The summed E-state index contributed by atoms with van der Waals surface area (Å²) in [5.41, 5.74) is -0.722. The molecule has 1 aliphatic rings. The highest BCUT2D eigenvalue weighted by Gasteiger charge is 2.36. The van der Waals surface area contributed by atoms with E-state index in [0.29, 0.717) is 6.42 Å². The maximum atomic E-state index is 12.7. The van der Waals surface area contributed by atoms with Gasteiger partial charge in [0.1, 0.15) is 12.4 Å². The Morgan fingerprint density at radius 2 is 1.77 bits per heavy atom. The third kappa shape index (κ3) is 9.78. The molecule has 2 atom stereocenters. The molecule has 0 spiro atoms. The number of hydrogen-bond acceptors (Lipinski definition) is 3. The first-order valence-corrected chi connectivity index (χ1v) is 9.98. The van der Waals surface area contributed by atoms with Crippen LogP contribution in [-0.4, -0.2) is 29.9 Å². The van der Waals surface area contributed by atoms with E-state index in [9.17, 15) is 18.0 Å². The highest BCUT2D eigenvalue weighted by atomic mass is 19.4. The number of allylic oxidation sites excluding steroid dienone is 3. The molecule has 0 aromatic heterocycles. The summed E-state index contributed by atoms with van der Waals surface area (Å²) >= 11 is 0. The number of carbonyl (C=O) groups is 1. The van der Waals surface area contributed by atoms with Crippen molar-refractivity contribution in [1.82, 2.24) is 0 Å². The fourth-order valence-electron chi connectivity index (χ4n) is 2.79. The van der Waals surface area contributed by atoms with Crippen molar-refractivity contribution in [3.05, 3.63) is 66.3 Å². The van der Waals surface area contributed by atoms with Crippen LogP contribution in [0.15, 0.2) is 60.7 Å². The second-order valence-corrected chi connectivity index (χ2v) is 6.96. The molecule has 1 heterocycles. The number of carboxylic acids is 1. The van der Waals surface area contributed by atoms with Gasteiger partial charge in [0.25, 0.3) is 0 Å². The van der Waals surface area contributed by atoms with Gasteiger partial charge < -0.3 is 14.6 Å². The maximum absolute atomic E-state index is 12.7. The molecule has 1 aromatic carbocycles. The first-order chi connectivity index (χ1) is 14.4. The van der Waals surface area contributed by atoms with E-state index in [-0.39, 0.29) is 31.0 Å². The number of alkyl halides is 3. The van der Waals surface area contributed by atoms with Gasteiger partial charge in [0.2, 0.25) is 0 Å².